The number of rotatable bonds is 6. The fourth-order valence-electron chi connectivity index (χ4n) is 4.18. The lowest BCUT2D eigenvalue weighted by molar-refractivity contribution is 0.0526. The first-order chi connectivity index (χ1) is 17.0. The van der Waals surface area contributed by atoms with Gasteiger partial charge in [-0.15, -0.1) is 5.10 Å². The molecule has 0 unspecified atom stereocenters. The van der Waals surface area contributed by atoms with Crippen molar-refractivity contribution in [2.24, 2.45) is 0 Å². The van der Waals surface area contributed by atoms with Crippen LogP contribution in [0.4, 0.5) is 11.5 Å². The van der Waals surface area contributed by atoms with E-state index in [1.807, 2.05) is 24.3 Å². The fourth-order valence-corrected chi connectivity index (χ4v) is 4.18. The van der Waals surface area contributed by atoms with Gasteiger partial charge in [-0.3, -0.25) is 4.79 Å². The van der Waals surface area contributed by atoms with Gasteiger partial charge in [-0.25, -0.2) is 14.3 Å². The highest BCUT2D eigenvalue weighted by Crippen LogP contribution is 2.30. The number of hydrogen-bond acceptors (Lipinski definition) is 7. The molecule has 0 saturated carbocycles. The number of hydrogen-bond donors (Lipinski definition) is 0. The number of esters is 1. The molecule has 5 rings (SSSR count). The number of benzene rings is 2. The number of carbonyl (C=O) groups is 2. The highest BCUT2D eigenvalue weighted by molar-refractivity contribution is 6.05. The molecule has 1 amide bonds. The zero-order valence-electron chi connectivity index (χ0n) is 19.8. The quantitative estimate of drug-likeness (QED) is 0.396. The summed E-state index contributed by atoms with van der Waals surface area (Å²) in [5, 5.41) is 4.74. The number of carbonyl (C=O) groups excluding carboxylic acids is 2. The smallest absolute Gasteiger partial charge is 0.338 e. The van der Waals surface area contributed by atoms with E-state index >= 15 is 0 Å². The van der Waals surface area contributed by atoms with E-state index in [2.05, 4.69) is 16.0 Å². The van der Waals surface area contributed by atoms with Crippen LogP contribution in [0.15, 0.2) is 60.8 Å². The van der Waals surface area contributed by atoms with E-state index in [4.69, 9.17) is 14.6 Å². The Hall–Kier alpha value is -4.40. The predicted octanol–water partition coefficient (Wildman–Crippen LogP) is 3.71. The van der Waals surface area contributed by atoms with E-state index in [1.165, 1.54) is 22.2 Å². The first kappa shape index (κ1) is 22.4. The molecule has 178 valence electrons. The Kier molecular flexibility index (Phi) is 5.82. The lowest BCUT2D eigenvalue weighted by Crippen LogP contribution is -2.28. The predicted molar refractivity (Wildman–Crippen MR) is 131 cm³/mol. The molecule has 1 aliphatic rings. The Bertz CT molecular complexity index is 1430. The maximum Gasteiger partial charge on any atom is 0.338 e. The molecule has 9 nitrogen and oxygen atoms in total. The topological polar surface area (TPSA) is 89.3 Å². The summed E-state index contributed by atoms with van der Waals surface area (Å²) in [6.07, 6.45) is 1.52. The van der Waals surface area contributed by atoms with Crippen LogP contribution in [0, 0.1) is 0 Å². The van der Waals surface area contributed by atoms with Gasteiger partial charge in [0.15, 0.2) is 11.3 Å². The van der Waals surface area contributed by atoms with Crippen LogP contribution in [0.1, 0.15) is 38.9 Å². The van der Waals surface area contributed by atoms with E-state index in [9.17, 15) is 9.59 Å². The molecule has 0 radical (unpaired) electrons. The average molecular weight is 472 g/mol. The molecule has 0 fully saturated rings. The normalized spacial score (nSPS) is 12.5. The molecule has 0 N–H and O–H groups in total. The molecule has 35 heavy (non-hydrogen) atoms. The third-order valence-corrected chi connectivity index (χ3v) is 6.08. The molecule has 0 atom stereocenters. The lowest BCUT2D eigenvalue weighted by atomic mass is 10.1. The number of fused-ring (bicyclic) bond motifs is 2. The van der Waals surface area contributed by atoms with Gasteiger partial charge >= 0.3 is 5.97 Å². The summed E-state index contributed by atoms with van der Waals surface area (Å²) in [6.45, 7) is 3.45. The van der Waals surface area contributed by atoms with E-state index in [0.717, 1.165) is 18.1 Å². The van der Waals surface area contributed by atoms with E-state index < -0.39 is 5.97 Å². The van der Waals surface area contributed by atoms with Crippen molar-refractivity contribution in [1.82, 2.24) is 14.6 Å². The molecule has 0 aliphatic carbocycles. The van der Waals surface area contributed by atoms with Crippen molar-refractivity contribution in [3.63, 3.8) is 0 Å². The van der Waals surface area contributed by atoms with E-state index in [-0.39, 0.29) is 12.5 Å². The van der Waals surface area contributed by atoms with Gasteiger partial charge in [0.1, 0.15) is 11.6 Å². The highest BCUT2D eigenvalue weighted by atomic mass is 16.5. The second-order valence-electron chi connectivity index (χ2n) is 8.23. The Balaban J connectivity index is 1.42. The zero-order valence-corrected chi connectivity index (χ0v) is 19.8. The first-order valence-electron chi connectivity index (χ1n) is 11.3. The Morgan fingerprint density at radius 3 is 2.69 bits per heavy atom. The second-order valence-corrected chi connectivity index (χ2v) is 8.23. The third kappa shape index (κ3) is 4.16. The van der Waals surface area contributed by atoms with Gasteiger partial charge in [0.2, 0.25) is 0 Å². The molecule has 3 heterocycles. The standard InChI is InChI=1S/C26H25N5O4/c1-4-35-26(33)17-6-5-7-20(12-17)29(2)25(32)22-14-27-23-10-11-24(28-31(22)23)30-15-18-8-9-21(34-3)13-19(18)16-30/h5-14H,4,15-16H2,1-3H3. The Morgan fingerprint density at radius 1 is 1.06 bits per heavy atom. The van der Waals surface area contributed by atoms with Crippen LogP contribution in [0.3, 0.4) is 0 Å². The highest BCUT2D eigenvalue weighted by Gasteiger charge is 2.24. The molecule has 0 saturated heterocycles. The molecular weight excluding hydrogens is 446 g/mol. The summed E-state index contributed by atoms with van der Waals surface area (Å²) < 4.78 is 12.0. The van der Waals surface area contributed by atoms with Crippen molar-refractivity contribution in [3.05, 3.63) is 83.2 Å². The van der Waals surface area contributed by atoms with Crippen molar-refractivity contribution in [1.29, 1.82) is 0 Å². The Labute approximate surface area is 202 Å². The SMILES string of the molecule is CCOC(=O)c1cccc(N(C)C(=O)c2cnc3ccc(N4Cc5ccc(OC)cc5C4)nn23)c1. The summed E-state index contributed by atoms with van der Waals surface area (Å²) in [5.41, 5.74) is 4.25. The lowest BCUT2D eigenvalue weighted by Gasteiger charge is -2.19. The minimum atomic E-state index is -0.430. The number of anilines is 2. The third-order valence-electron chi connectivity index (χ3n) is 6.08. The van der Waals surface area contributed by atoms with Crippen LogP contribution in [-0.4, -0.2) is 47.2 Å². The van der Waals surface area contributed by atoms with Crippen LogP contribution in [0.25, 0.3) is 5.65 Å². The van der Waals surface area contributed by atoms with Crippen molar-refractivity contribution in [3.8, 4) is 5.75 Å². The molecule has 2 aromatic heterocycles. The van der Waals surface area contributed by atoms with Gasteiger partial charge in [0, 0.05) is 25.8 Å². The minimum Gasteiger partial charge on any atom is -0.497 e. The maximum atomic E-state index is 13.4. The van der Waals surface area contributed by atoms with E-state index in [0.29, 0.717) is 29.1 Å². The number of ether oxygens (including phenoxy) is 2. The summed E-state index contributed by atoms with van der Waals surface area (Å²) in [6, 6.07) is 16.6. The fraction of sp³-hybridized carbons (Fsp3) is 0.231. The van der Waals surface area contributed by atoms with Crippen LogP contribution in [0.5, 0.6) is 5.75 Å². The van der Waals surface area contributed by atoms with Crippen molar-refractivity contribution in [2.45, 2.75) is 20.0 Å². The molecule has 4 aromatic rings. The Morgan fingerprint density at radius 2 is 1.89 bits per heavy atom. The number of amides is 1. The second kappa shape index (κ2) is 9.09. The number of nitrogens with zero attached hydrogens (tertiary/aromatic N) is 5. The molecule has 2 aromatic carbocycles. The monoisotopic (exact) mass is 471 g/mol. The minimum absolute atomic E-state index is 0.281. The number of aromatic nitrogens is 3. The number of methoxy groups -OCH3 is 1. The van der Waals surface area contributed by atoms with Crippen molar-refractivity contribution < 1.29 is 19.1 Å². The van der Waals surface area contributed by atoms with Crippen LogP contribution in [-0.2, 0) is 17.8 Å². The van der Waals surface area contributed by atoms with Crippen molar-refractivity contribution >= 4 is 29.0 Å². The van der Waals surface area contributed by atoms with Gasteiger partial charge in [-0.1, -0.05) is 12.1 Å². The molecule has 0 spiro atoms. The summed E-state index contributed by atoms with van der Waals surface area (Å²) in [4.78, 5) is 33.5. The largest absolute Gasteiger partial charge is 0.497 e. The average Bonchev–Trinajstić information content (AvgIpc) is 3.51. The molecule has 0 bridgehead atoms. The van der Waals surface area contributed by atoms with Gasteiger partial charge < -0.3 is 19.3 Å². The van der Waals surface area contributed by atoms with Gasteiger partial charge in [0.05, 0.1) is 25.5 Å². The van der Waals surface area contributed by atoms with Gasteiger partial charge in [0.25, 0.3) is 5.91 Å². The zero-order chi connectivity index (χ0) is 24.5. The molecule has 1 aliphatic heterocycles. The van der Waals surface area contributed by atoms with Crippen molar-refractivity contribution in [2.75, 3.05) is 30.6 Å². The van der Waals surface area contributed by atoms with Crippen LogP contribution >= 0.6 is 0 Å². The molecular formula is C26H25N5O4. The summed E-state index contributed by atoms with van der Waals surface area (Å²) in [5.74, 6) is 0.844. The first-order valence-corrected chi connectivity index (χ1v) is 11.3. The summed E-state index contributed by atoms with van der Waals surface area (Å²) >= 11 is 0. The van der Waals surface area contributed by atoms with Crippen LogP contribution in [0.2, 0.25) is 0 Å². The van der Waals surface area contributed by atoms with E-state index in [1.54, 1.807) is 49.9 Å². The van der Waals surface area contributed by atoms with Gasteiger partial charge in [-0.2, -0.15) is 0 Å². The molecule has 9 heteroatoms. The maximum absolute atomic E-state index is 13.4. The number of imidazole rings is 1. The summed E-state index contributed by atoms with van der Waals surface area (Å²) in [7, 11) is 3.31. The van der Waals surface area contributed by atoms with Gasteiger partial charge in [-0.05, 0) is 60.5 Å². The van der Waals surface area contributed by atoms with Crippen LogP contribution < -0.4 is 14.5 Å².